The van der Waals surface area contributed by atoms with Crippen molar-refractivity contribution >= 4 is 23.4 Å². The van der Waals surface area contributed by atoms with Crippen LogP contribution in [0.5, 0.6) is 0 Å². The topological polar surface area (TPSA) is 73.6 Å². The minimum absolute atomic E-state index is 0.204. The highest BCUT2D eigenvalue weighted by molar-refractivity contribution is 7.07. The zero-order chi connectivity index (χ0) is 21.3. The van der Waals surface area contributed by atoms with Crippen molar-refractivity contribution < 1.29 is 9.53 Å². The molecule has 3 aromatic rings. The number of aromatic nitrogens is 2. The number of carbonyl (C=O) groups excluding carboxylic acids is 1. The number of ether oxygens (including phenoxy) is 1. The minimum atomic E-state index is -0.589. The first-order chi connectivity index (χ1) is 14.5. The Morgan fingerprint density at radius 3 is 2.63 bits per heavy atom. The van der Waals surface area contributed by atoms with Crippen LogP contribution in [0, 0.1) is 6.92 Å². The SMILES string of the molecule is CCOC(=O)C1=C(C)N=c2s/c(=C\c3cccc(C)n3)c(=O)n2[C@H]1c1ccccc1. The molecule has 7 heteroatoms. The first-order valence-electron chi connectivity index (χ1n) is 9.68. The molecule has 152 valence electrons. The largest absolute Gasteiger partial charge is 0.463 e. The van der Waals surface area contributed by atoms with Crippen LogP contribution >= 0.6 is 11.3 Å². The van der Waals surface area contributed by atoms with E-state index in [9.17, 15) is 9.59 Å². The fraction of sp³-hybridized carbons (Fsp3) is 0.217. The summed E-state index contributed by atoms with van der Waals surface area (Å²) in [6, 6.07) is 14.6. The summed E-state index contributed by atoms with van der Waals surface area (Å²) in [5, 5.41) is 0. The number of hydrogen-bond donors (Lipinski definition) is 0. The smallest absolute Gasteiger partial charge is 0.338 e. The quantitative estimate of drug-likeness (QED) is 0.609. The molecule has 6 nitrogen and oxygen atoms in total. The average Bonchev–Trinajstić information content (AvgIpc) is 3.02. The molecule has 1 aliphatic rings. The van der Waals surface area contributed by atoms with Gasteiger partial charge in [-0.15, -0.1) is 0 Å². The van der Waals surface area contributed by atoms with Gasteiger partial charge in [0.15, 0.2) is 4.80 Å². The zero-order valence-electron chi connectivity index (χ0n) is 17.0. The number of benzene rings is 1. The lowest BCUT2D eigenvalue weighted by atomic mass is 9.96. The van der Waals surface area contributed by atoms with Crippen molar-refractivity contribution in [3.63, 3.8) is 0 Å². The molecule has 4 rings (SSSR count). The van der Waals surface area contributed by atoms with Crippen LogP contribution in [0.1, 0.15) is 36.8 Å². The van der Waals surface area contributed by atoms with Crippen molar-refractivity contribution in [2.24, 2.45) is 4.99 Å². The summed E-state index contributed by atoms with van der Waals surface area (Å²) in [5.41, 5.74) is 3.15. The normalized spacial score (nSPS) is 16.2. The molecule has 0 saturated heterocycles. The van der Waals surface area contributed by atoms with E-state index in [4.69, 9.17) is 4.74 Å². The Morgan fingerprint density at radius 1 is 1.17 bits per heavy atom. The molecule has 1 aliphatic heterocycles. The van der Waals surface area contributed by atoms with Crippen molar-refractivity contribution in [3.05, 3.63) is 96.4 Å². The van der Waals surface area contributed by atoms with Gasteiger partial charge in [-0.05, 0) is 44.5 Å². The molecule has 3 heterocycles. The first kappa shape index (κ1) is 20.0. The molecular weight excluding hydrogens is 398 g/mol. The number of pyridine rings is 1. The lowest BCUT2D eigenvalue weighted by Gasteiger charge is -2.24. The highest BCUT2D eigenvalue weighted by Gasteiger charge is 2.33. The molecule has 0 spiro atoms. The van der Waals surface area contributed by atoms with E-state index in [0.717, 1.165) is 11.3 Å². The Bertz CT molecular complexity index is 1320. The number of carbonyl (C=O) groups is 1. The number of thiazole rings is 1. The van der Waals surface area contributed by atoms with E-state index in [1.54, 1.807) is 24.5 Å². The first-order valence-corrected chi connectivity index (χ1v) is 10.5. The fourth-order valence-electron chi connectivity index (χ4n) is 3.52. The summed E-state index contributed by atoms with van der Waals surface area (Å²) in [6.45, 7) is 5.70. The molecule has 2 aromatic heterocycles. The molecule has 0 N–H and O–H groups in total. The average molecular weight is 420 g/mol. The highest BCUT2D eigenvalue weighted by Crippen LogP contribution is 2.30. The van der Waals surface area contributed by atoms with E-state index in [1.807, 2.05) is 55.5 Å². The Hall–Kier alpha value is -3.32. The van der Waals surface area contributed by atoms with Gasteiger partial charge in [-0.2, -0.15) is 0 Å². The summed E-state index contributed by atoms with van der Waals surface area (Å²) >= 11 is 1.29. The van der Waals surface area contributed by atoms with Gasteiger partial charge >= 0.3 is 5.97 Å². The molecule has 0 fully saturated rings. The molecule has 1 atom stereocenters. The lowest BCUT2D eigenvalue weighted by molar-refractivity contribution is -0.139. The monoisotopic (exact) mass is 419 g/mol. The van der Waals surface area contributed by atoms with Gasteiger partial charge in [0.25, 0.3) is 5.56 Å². The van der Waals surface area contributed by atoms with Crippen LogP contribution in [0.15, 0.2) is 69.6 Å². The maximum Gasteiger partial charge on any atom is 0.338 e. The standard InChI is InChI=1S/C23H21N3O3S/c1-4-29-22(28)19-15(3)25-23-26(20(19)16-10-6-5-7-11-16)21(27)18(30-23)13-17-12-8-9-14(2)24-17/h5-13,20H,4H2,1-3H3/b18-13-/t20-/m0/s1. The summed E-state index contributed by atoms with van der Waals surface area (Å²) in [5.74, 6) is -0.456. The second-order valence-electron chi connectivity index (χ2n) is 6.92. The number of fused-ring (bicyclic) bond motifs is 1. The fourth-order valence-corrected chi connectivity index (χ4v) is 4.55. The predicted molar refractivity (Wildman–Crippen MR) is 116 cm³/mol. The summed E-state index contributed by atoms with van der Waals surface area (Å²) < 4.78 is 7.39. The summed E-state index contributed by atoms with van der Waals surface area (Å²) in [7, 11) is 0. The van der Waals surface area contributed by atoms with Gasteiger partial charge in [0, 0.05) is 5.69 Å². The number of hydrogen-bond acceptors (Lipinski definition) is 6. The van der Waals surface area contributed by atoms with E-state index in [-0.39, 0.29) is 12.2 Å². The van der Waals surface area contributed by atoms with Crippen molar-refractivity contribution in [3.8, 4) is 0 Å². The maximum absolute atomic E-state index is 13.4. The molecule has 1 aromatic carbocycles. The van der Waals surface area contributed by atoms with Crippen molar-refractivity contribution in [2.75, 3.05) is 6.61 Å². The minimum Gasteiger partial charge on any atom is -0.463 e. The number of aryl methyl sites for hydroxylation is 1. The second kappa shape index (κ2) is 8.20. The van der Waals surface area contributed by atoms with E-state index in [2.05, 4.69) is 9.98 Å². The second-order valence-corrected chi connectivity index (χ2v) is 7.93. The maximum atomic E-state index is 13.4. The Labute approximate surface area is 177 Å². The van der Waals surface area contributed by atoms with E-state index in [0.29, 0.717) is 26.3 Å². The van der Waals surface area contributed by atoms with Gasteiger partial charge in [0.2, 0.25) is 0 Å². The van der Waals surface area contributed by atoms with Crippen LogP contribution < -0.4 is 14.9 Å². The summed E-state index contributed by atoms with van der Waals surface area (Å²) in [4.78, 5) is 35.8. The van der Waals surface area contributed by atoms with Crippen LogP contribution in [0.25, 0.3) is 6.08 Å². The van der Waals surface area contributed by atoms with Gasteiger partial charge < -0.3 is 4.74 Å². The van der Waals surface area contributed by atoms with Crippen LogP contribution in [-0.2, 0) is 9.53 Å². The van der Waals surface area contributed by atoms with Crippen molar-refractivity contribution in [1.29, 1.82) is 0 Å². The van der Waals surface area contributed by atoms with Gasteiger partial charge in [-0.1, -0.05) is 47.7 Å². The predicted octanol–water partition coefficient (Wildman–Crippen LogP) is 2.50. The molecular formula is C23H21N3O3S. The zero-order valence-corrected chi connectivity index (χ0v) is 17.8. The number of esters is 1. The molecule has 0 saturated carbocycles. The molecule has 0 unspecified atom stereocenters. The van der Waals surface area contributed by atoms with E-state index >= 15 is 0 Å². The van der Waals surface area contributed by atoms with E-state index < -0.39 is 12.0 Å². The molecule has 0 radical (unpaired) electrons. The third-order valence-corrected chi connectivity index (χ3v) is 5.80. The third kappa shape index (κ3) is 3.64. The highest BCUT2D eigenvalue weighted by atomic mass is 32.1. The number of allylic oxidation sites excluding steroid dienone is 1. The molecule has 0 bridgehead atoms. The Morgan fingerprint density at radius 2 is 1.93 bits per heavy atom. The van der Waals surface area contributed by atoms with Crippen molar-refractivity contribution in [1.82, 2.24) is 9.55 Å². The van der Waals surface area contributed by atoms with Gasteiger partial charge in [-0.25, -0.2) is 9.79 Å². The Kier molecular flexibility index (Phi) is 5.46. The molecule has 0 aliphatic carbocycles. The van der Waals surface area contributed by atoms with Crippen LogP contribution in [-0.4, -0.2) is 22.1 Å². The van der Waals surface area contributed by atoms with Crippen molar-refractivity contribution in [2.45, 2.75) is 26.8 Å². The van der Waals surface area contributed by atoms with Crippen LogP contribution in [0.4, 0.5) is 0 Å². The number of nitrogens with zero attached hydrogens (tertiary/aromatic N) is 3. The van der Waals surface area contributed by atoms with Crippen LogP contribution in [0.2, 0.25) is 0 Å². The lowest BCUT2D eigenvalue weighted by Crippen LogP contribution is -2.39. The summed E-state index contributed by atoms with van der Waals surface area (Å²) in [6.07, 6.45) is 1.77. The molecule has 30 heavy (non-hydrogen) atoms. The number of rotatable bonds is 4. The van der Waals surface area contributed by atoms with E-state index in [1.165, 1.54) is 11.3 Å². The Balaban J connectivity index is 1.96. The third-order valence-electron chi connectivity index (χ3n) is 4.82. The van der Waals surface area contributed by atoms with Gasteiger partial charge in [0.05, 0.1) is 34.1 Å². The molecule has 0 amide bonds. The van der Waals surface area contributed by atoms with Crippen LogP contribution in [0.3, 0.4) is 0 Å². The van der Waals surface area contributed by atoms with Gasteiger partial charge in [-0.3, -0.25) is 14.3 Å². The van der Waals surface area contributed by atoms with Gasteiger partial charge in [0.1, 0.15) is 0 Å².